The topological polar surface area (TPSA) is 0 Å². The van der Waals surface area contributed by atoms with Gasteiger partial charge in [0.1, 0.15) is 0 Å². The molecule has 2 atom stereocenters. The third-order valence-corrected chi connectivity index (χ3v) is 26.0. The number of hydrogen-bond acceptors (Lipinski definition) is 0. The van der Waals surface area contributed by atoms with Crippen molar-refractivity contribution in [1.82, 2.24) is 0 Å². The van der Waals surface area contributed by atoms with Gasteiger partial charge in [0.15, 0.2) is 0 Å². The van der Waals surface area contributed by atoms with E-state index in [4.69, 9.17) is 23.2 Å². The maximum Gasteiger partial charge on any atom is -0.147 e. The Hall–Kier alpha value is -0.0800. The molecule has 0 fully saturated rings. The quantitative estimate of drug-likeness (QED) is 0.307. The number of halogens is 4. The zero-order chi connectivity index (χ0) is 21.7. The largest absolute Gasteiger partial charge is 0.147 e. The van der Waals surface area contributed by atoms with E-state index in [1.165, 1.54) is 27.8 Å². The van der Waals surface area contributed by atoms with Crippen molar-refractivity contribution in [1.29, 1.82) is 0 Å². The van der Waals surface area contributed by atoms with Crippen molar-refractivity contribution in [3.63, 3.8) is 0 Å². The van der Waals surface area contributed by atoms with Gasteiger partial charge in [-0.25, -0.2) is 0 Å². The van der Waals surface area contributed by atoms with E-state index in [0.29, 0.717) is 9.54 Å². The second kappa shape index (κ2) is 11.1. The van der Waals surface area contributed by atoms with Gasteiger partial charge >= 0.3 is 200 Å². The van der Waals surface area contributed by atoms with Crippen LogP contribution < -0.4 is 0 Å². The third kappa shape index (κ3) is 4.84. The Kier molecular flexibility index (Phi) is 9.77. The van der Waals surface area contributed by atoms with E-state index in [0.717, 1.165) is 10.0 Å². The summed E-state index contributed by atoms with van der Waals surface area (Å²) >= 11 is 11.3. The molecule has 0 aliphatic heterocycles. The number of benzene rings is 2. The van der Waals surface area contributed by atoms with Gasteiger partial charge in [-0.2, -0.15) is 0 Å². The Morgan fingerprint density at radius 1 is 0.906 bits per heavy atom. The van der Waals surface area contributed by atoms with Gasteiger partial charge in [0.2, 0.25) is 0 Å². The van der Waals surface area contributed by atoms with Crippen molar-refractivity contribution in [2.75, 3.05) is 0 Å². The predicted molar refractivity (Wildman–Crippen MR) is 145 cm³/mol. The van der Waals surface area contributed by atoms with E-state index < -0.39 is 25.8 Å². The maximum atomic E-state index is 6.82. The second-order valence-corrected chi connectivity index (χ2v) is 27.0. The van der Waals surface area contributed by atoms with E-state index in [1.807, 2.05) is 9.35 Å². The second-order valence-electron chi connectivity index (χ2n) is 8.76. The van der Waals surface area contributed by atoms with Crippen molar-refractivity contribution < 1.29 is 20.4 Å². The first kappa shape index (κ1) is 28.2. The molecule has 0 heterocycles. The fourth-order valence-electron chi connectivity index (χ4n) is 5.11. The first-order valence-corrected chi connectivity index (χ1v) is 20.1. The van der Waals surface area contributed by atoms with Crippen LogP contribution in [0, 0.1) is 5.92 Å². The van der Waals surface area contributed by atoms with Gasteiger partial charge in [-0.3, -0.25) is 0 Å². The number of fused-ring (bicyclic) bond motifs is 1. The number of allylic oxidation sites excluding steroid dienone is 5. The summed E-state index contributed by atoms with van der Waals surface area (Å²) in [6.45, 7) is 14.5. The summed E-state index contributed by atoms with van der Waals surface area (Å²) < 4.78 is 2.33. The summed E-state index contributed by atoms with van der Waals surface area (Å²) in [5.41, 5.74) is 9.37. The van der Waals surface area contributed by atoms with Crippen LogP contribution in [-0.4, -0.2) is 5.43 Å². The zero-order valence-corrected chi connectivity index (χ0v) is 25.9. The van der Waals surface area contributed by atoms with Gasteiger partial charge in [-0.05, 0) is 0 Å². The first-order valence-electron chi connectivity index (χ1n) is 10.5. The molecular weight excluding hydrogens is 573 g/mol. The van der Waals surface area contributed by atoms with Crippen LogP contribution >= 0.6 is 48.0 Å². The van der Waals surface area contributed by atoms with Crippen LogP contribution in [0.25, 0.3) is 5.57 Å². The molecule has 32 heavy (non-hydrogen) atoms. The van der Waals surface area contributed by atoms with E-state index in [1.54, 1.807) is 11.1 Å². The standard InChI is InChI=1S/C15H9Cl2.C9H13.C2H6Si.2ClH.Zr/c16-12-8-11-6-7-13(15(11)14(17)9-12)10-4-2-1-3-5-10;1-6-5-7(2)9(4)8(6)3;1-3-2;;;/h1-9H;6H,1-4H3;1-2H3;2*1H;. The van der Waals surface area contributed by atoms with Gasteiger partial charge in [-0.15, -0.1) is 24.8 Å². The van der Waals surface area contributed by atoms with Crippen LogP contribution in [0.2, 0.25) is 23.1 Å². The Morgan fingerprint density at radius 3 is 2.06 bits per heavy atom. The molecule has 170 valence electrons. The van der Waals surface area contributed by atoms with Crippen molar-refractivity contribution in [3.8, 4) is 0 Å². The summed E-state index contributed by atoms with van der Waals surface area (Å²) in [6, 6.07) is 14.8. The molecular formula is C26H30Cl4SiZr. The monoisotopic (exact) mass is 600 g/mol. The normalized spacial score (nSPS) is 19.3. The van der Waals surface area contributed by atoms with Crippen LogP contribution in [0.15, 0.2) is 68.5 Å². The van der Waals surface area contributed by atoms with Crippen LogP contribution in [0.4, 0.5) is 0 Å². The summed E-state index contributed by atoms with van der Waals surface area (Å²) in [7, 11) is 0. The molecule has 0 nitrogen and oxygen atoms in total. The molecule has 0 saturated heterocycles. The van der Waals surface area contributed by atoms with Crippen LogP contribution in [-0.2, 0) is 20.4 Å². The molecule has 0 bridgehead atoms. The molecule has 0 saturated carbocycles. The molecule has 2 aliphatic rings. The van der Waals surface area contributed by atoms with Gasteiger partial charge in [0.05, 0.1) is 0 Å². The van der Waals surface area contributed by atoms with Gasteiger partial charge < -0.3 is 0 Å². The maximum absolute atomic E-state index is 6.82. The van der Waals surface area contributed by atoms with E-state index in [-0.39, 0.29) is 24.8 Å². The van der Waals surface area contributed by atoms with Crippen LogP contribution in [0.3, 0.4) is 0 Å². The first-order chi connectivity index (χ1) is 14.2. The summed E-state index contributed by atoms with van der Waals surface area (Å²) in [5, 5.41) is 1.54. The molecule has 0 amide bonds. The van der Waals surface area contributed by atoms with Crippen molar-refractivity contribution >= 4 is 59.0 Å². The molecule has 2 aromatic carbocycles. The molecule has 2 unspecified atom stereocenters. The fraction of sp³-hybridized carbons (Fsp3) is 0.308. The molecule has 0 N–H and O–H groups in total. The molecule has 0 spiro atoms. The minimum atomic E-state index is -2.05. The van der Waals surface area contributed by atoms with Crippen LogP contribution in [0.1, 0.15) is 48.0 Å². The summed E-state index contributed by atoms with van der Waals surface area (Å²) in [4.78, 5) is 0. The predicted octanol–water partition coefficient (Wildman–Crippen LogP) is 9.45. The Labute approximate surface area is 223 Å². The smallest absolute Gasteiger partial charge is 0.147 e. The van der Waals surface area contributed by atoms with E-state index >= 15 is 0 Å². The van der Waals surface area contributed by atoms with E-state index in [2.05, 4.69) is 83.3 Å². The van der Waals surface area contributed by atoms with Crippen molar-refractivity contribution in [3.05, 3.63) is 95.3 Å². The Morgan fingerprint density at radius 2 is 1.53 bits per heavy atom. The molecule has 2 aromatic rings. The van der Waals surface area contributed by atoms with Crippen molar-refractivity contribution in [2.45, 2.75) is 44.4 Å². The zero-order valence-electron chi connectivity index (χ0n) is 19.3. The van der Waals surface area contributed by atoms with E-state index in [9.17, 15) is 0 Å². The Balaban J connectivity index is 0.00000181. The molecule has 2 aliphatic carbocycles. The third-order valence-electron chi connectivity index (χ3n) is 6.89. The molecule has 0 radical (unpaired) electrons. The molecule has 6 heteroatoms. The summed E-state index contributed by atoms with van der Waals surface area (Å²) in [6.07, 6.45) is 2.56. The van der Waals surface area contributed by atoms with Gasteiger partial charge in [0, 0.05) is 0 Å². The number of rotatable bonds is 3. The minimum absolute atomic E-state index is 0. The average molecular weight is 604 g/mol. The average Bonchev–Trinajstić information content (AvgIpc) is 3.16. The SMILES string of the molecule is CC1=C(C)C(C)[C]([Zr]([CH]2C=C(c3ccccc3)c3c(Cl)cc(Cl)cc32)=[Si](C)C)=C1C.Cl.Cl. The fourth-order valence-corrected chi connectivity index (χ4v) is 25.3. The number of hydrogen-bond donors (Lipinski definition) is 0. The minimum Gasteiger partial charge on any atom is -0.147 e. The molecule has 4 rings (SSSR count). The van der Waals surface area contributed by atoms with Crippen molar-refractivity contribution in [2.24, 2.45) is 5.92 Å². The van der Waals surface area contributed by atoms with Crippen LogP contribution in [0.5, 0.6) is 0 Å². The van der Waals surface area contributed by atoms with Gasteiger partial charge in [-0.1, -0.05) is 0 Å². The Bertz CT molecular complexity index is 1170. The molecule has 0 aromatic heterocycles. The summed E-state index contributed by atoms with van der Waals surface area (Å²) in [5.74, 6) is 0.589. The van der Waals surface area contributed by atoms with Gasteiger partial charge in [0.25, 0.3) is 0 Å².